The maximum Gasteiger partial charge on any atom is 0.226 e. The highest BCUT2D eigenvalue weighted by atomic mass is 16.2. The topological polar surface area (TPSA) is 72.6 Å². The summed E-state index contributed by atoms with van der Waals surface area (Å²) in [5.41, 5.74) is -0.199. The molecule has 1 aromatic rings. The van der Waals surface area contributed by atoms with Gasteiger partial charge in [0, 0.05) is 28.9 Å². The van der Waals surface area contributed by atoms with Crippen LogP contribution in [-0.2, 0) is 9.59 Å². The van der Waals surface area contributed by atoms with E-state index in [1.165, 1.54) is 0 Å². The smallest absolute Gasteiger partial charge is 0.226 e. The summed E-state index contributed by atoms with van der Waals surface area (Å²) in [6.07, 6.45) is 9.62. The highest BCUT2D eigenvalue weighted by Gasteiger charge is 2.72. The van der Waals surface area contributed by atoms with Crippen molar-refractivity contribution in [2.75, 3.05) is 0 Å². The predicted octanol–water partition coefficient (Wildman–Crippen LogP) is 8.72. The van der Waals surface area contributed by atoms with Gasteiger partial charge in [-0.25, -0.2) is 4.85 Å². The van der Waals surface area contributed by atoms with Gasteiger partial charge in [0.2, 0.25) is 5.70 Å². The average Bonchev–Trinajstić information content (AvgIpc) is 3.21. The number of hydrogen-bond acceptors (Lipinski definition) is 4. The van der Waals surface area contributed by atoms with Crippen molar-refractivity contribution in [3.8, 4) is 0 Å². The van der Waals surface area contributed by atoms with Crippen molar-refractivity contribution in [3.63, 3.8) is 0 Å². The van der Waals surface area contributed by atoms with Crippen molar-refractivity contribution in [2.24, 2.45) is 62.1 Å². The molecule has 4 fully saturated rings. The van der Waals surface area contributed by atoms with Crippen LogP contribution < -0.4 is 0 Å². The van der Waals surface area contributed by atoms with Gasteiger partial charge < -0.3 is 4.79 Å². The van der Waals surface area contributed by atoms with E-state index in [1.807, 2.05) is 32.1 Å². The monoisotopic (exact) mass is 607 g/mol. The number of Topliss-reactive ketones (excluding diaryl/α,β-unsaturated/α-hetero) is 4. The molecule has 0 aromatic heterocycles. The largest absolute Gasteiger partial charge is 0.307 e. The number of carbonyl (C=O) groups excluding carboxylic acids is 4. The fourth-order valence-electron chi connectivity index (χ4n) is 12.7. The molecule has 0 bridgehead atoms. The Morgan fingerprint density at radius 1 is 0.800 bits per heavy atom. The lowest BCUT2D eigenvalue weighted by atomic mass is 9.31. The Morgan fingerprint density at radius 2 is 1.42 bits per heavy atom. The third-order valence-electron chi connectivity index (χ3n) is 15.3. The van der Waals surface area contributed by atoms with E-state index in [9.17, 15) is 19.2 Å². The highest BCUT2D eigenvalue weighted by molar-refractivity contribution is 6.26. The summed E-state index contributed by atoms with van der Waals surface area (Å²) >= 11 is 0. The van der Waals surface area contributed by atoms with Crippen molar-refractivity contribution < 1.29 is 19.2 Å². The highest BCUT2D eigenvalue weighted by Crippen LogP contribution is 2.76. The molecule has 0 amide bonds. The fraction of sp³-hybridized carbons (Fsp3) is 0.675. The molecule has 0 N–H and O–H groups in total. The molecule has 8 atom stereocenters. The van der Waals surface area contributed by atoms with Crippen molar-refractivity contribution in [1.29, 1.82) is 0 Å². The maximum absolute atomic E-state index is 14.9. The summed E-state index contributed by atoms with van der Waals surface area (Å²) in [4.78, 5) is 59.4. The Balaban J connectivity index is 1.30. The SMILES string of the molecule is [C-]#[N+]C1=C[C@]2(C)[C@H]3CC(=O)[C@@H]4[C@@H]5CC(C)(C)CC[C@]5(CC5C(=O)c6ccccc6C5=O)CC[C@@]4(C)[C@]3(C)CC[C@H]2C(C)(C)C1=O. The Kier molecular flexibility index (Phi) is 6.40. The molecule has 238 valence electrons. The number of nitrogens with zero attached hydrogens (tertiary/aromatic N) is 1. The Hall–Kier alpha value is -2.87. The Bertz CT molecular complexity index is 1590. The first-order chi connectivity index (χ1) is 21.0. The van der Waals surface area contributed by atoms with Gasteiger partial charge in [0.15, 0.2) is 17.3 Å². The third-order valence-corrected chi connectivity index (χ3v) is 15.3. The molecule has 5 heteroatoms. The molecule has 45 heavy (non-hydrogen) atoms. The van der Waals surface area contributed by atoms with Gasteiger partial charge in [-0.2, -0.15) is 0 Å². The number of carbonyl (C=O) groups is 4. The van der Waals surface area contributed by atoms with Gasteiger partial charge in [-0.3, -0.25) is 14.4 Å². The van der Waals surface area contributed by atoms with Crippen molar-refractivity contribution in [2.45, 2.75) is 106 Å². The van der Waals surface area contributed by atoms with Gasteiger partial charge in [-0.15, -0.1) is 0 Å². The van der Waals surface area contributed by atoms with Crippen molar-refractivity contribution in [3.05, 3.63) is 58.6 Å². The lowest BCUT2D eigenvalue weighted by Crippen LogP contribution is -2.68. The minimum absolute atomic E-state index is 0.0352. The van der Waals surface area contributed by atoms with Crippen LogP contribution in [0.25, 0.3) is 4.85 Å². The van der Waals surface area contributed by atoms with Crippen LogP contribution in [0.2, 0.25) is 0 Å². The standard InChI is InChI=1S/C40H49NO4/c1-35(2)15-17-40(20-25-32(43)23-11-9-10-12-24(23)33(25)44)18-16-39(7)31(26(40)21-35)28(42)19-30-37(5)22-27(41-8)34(45)36(3,4)29(37)13-14-38(30,39)6/h9-12,22,25-26,29-31H,13-21H2,1-7H3/t26-,29-,30+,31-,37-,38+,39+,40+/m0/s1. The predicted molar refractivity (Wildman–Crippen MR) is 173 cm³/mol. The second-order valence-electron chi connectivity index (χ2n) is 18.1. The van der Waals surface area contributed by atoms with Crippen LogP contribution in [0.1, 0.15) is 127 Å². The summed E-state index contributed by atoms with van der Waals surface area (Å²) < 4.78 is 0. The molecule has 0 radical (unpaired) electrons. The molecular formula is C40H49NO4. The minimum atomic E-state index is -0.647. The molecule has 1 aromatic carbocycles. The fourth-order valence-corrected chi connectivity index (χ4v) is 12.7. The third kappa shape index (κ3) is 3.84. The molecule has 5 nitrogen and oxygen atoms in total. The Morgan fingerprint density at radius 3 is 2.04 bits per heavy atom. The first-order valence-electron chi connectivity index (χ1n) is 17.3. The summed E-state index contributed by atoms with van der Waals surface area (Å²) in [6, 6.07) is 7.27. The first kappa shape index (κ1) is 30.8. The zero-order chi connectivity index (χ0) is 32.5. The lowest BCUT2D eigenvalue weighted by Gasteiger charge is -2.72. The van der Waals surface area contributed by atoms with E-state index in [0.717, 1.165) is 44.9 Å². The molecule has 0 saturated heterocycles. The Labute approximate surface area is 268 Å². The quantitative estimate of drug-likeness (QED) is 0.249. The number of benzene rings is 1. The number of fused-ring (bicyclic) bond motifs is 8. The van der Waals surface area contributed by atoms with Crippen LogP contribution in [-0.4, -0.2) is 23.1 Å². The molecule has 0 aliphatic heterocycles. The molecule has 4 saturated carbocycles. The second kappa shape index (κ2) is 9.36. The summed E-state index contributed by atoms with van der Waals surface area (Å²) in [5.74, 6) is -0.300. The van der Waals surface area contributed by atoms with Gasteiger partial charge >= 0.3 is 0 Å². The molecule has 0 unspecified atom stereocenters. The molecule has 0 spiro atoms. The van der Waals surface area contributed by atoms with Crippen LogP contribution in [0.3, 0.4) is 0 Å². The number of rotatable bonds is 2. The van der Waals surface area contributed by atoms with E-state index in [0.29, 0.717) is 29.8 Å². The number of allylic oxidation sites excluding steroid dienone is 2. The number of ketones is 4. The first-order valence-corrected chi connectivity index (χ1v) is 17.3. The van der Waals surface area contributed by atoms with Gasteiger partial charge in [0.25, 0.3) is 0 Å². The van der Waals surface area contributed by atoms with Crippen LogP contribution in [0, 0.1) is 68.7 Å². The van der Waals surface area contributed by atoms with E-state index in [2.05, 4.69) is 39.5 Å². The van der Waals surface area contributed by atoms with Crippen LogP contribution >= 0.6 is 0 Å². The van der Waals surface area contributed by atoms with Crippen LogP contribution in [0.15, 0.2) is 36.0 Å². The van der Waals surface area contributed by atoms with E-state index in [1.54, 1.807) is 12.1 Å². The molecule has 6 aliphatic carbocycles. The van der Waals surface area contributed by atoms with Gasteiger partial charge in [0.05, 0.1) is 12.5 Å². The normalized spacial score (nSPS) is 43.3. The summed E-state index contributed by atoms with van der Waals surface area (Å²) in [6.45, 7) is 23.6. The van der Waals surface area contributed by atoms with Gasteiger partial charge in [-0.1, -0.05) is 78.8 Å². The zero-order valence-corrected chi connectivity index (χ0v) is 28.2. The van der Waals surface area contributed by atoms with E-state index in [4.69, 9.17) is 6.57 Å². The maximum atomic E-state index is 14.9. The average molecular weight is 608 g/mol. The minimum Gasteiger partial charge on any atom is -0.307 e. The summed E-state index contributed by atoms with van der Waals surface area (Å²) in [7, 11) is 0. The van der Waals surface area contributed by atoms with Gasteiger partial charge in [-0.05, 0) is 96.2 Å². The zero-order valence-electron chi connectivity index (χ0n) is 28.2. The molecule has 6 aliphatic rings. The van der Waals surface area contributed by atoms with Crippen LogP contribution in [0.5, 0.6) is 0 Å². The van der Waals surface area contributed by atoms with Crippen molar-refractivity contribution >= 4 is 23.1 Å². The molecular weight excluding hydrogens is 558 g/mol. The van der Waals surface area contributed by atoms with Crippen molar-refractivity contribution in [1.82, 2.24) is 0 Å². The van der Waals surface area contributed by atoms with E-state index in [-0.39, 0.29) is 68.4 Å². The molecule has 7 rings (SSSR count). The van der Waals surface area contributed by atoms with E-state index >= 15 is 0 Å². The molecule has 0 heterocycles. The lowest BCUT2D eigenvalue weighted by molar-refractivity contribution is -0.224. The van der Waals surface area contributed by atoms with E-state index < -0.39 is 16.7 Å². The summed E-state index contributed by atoms with van der Waals surface area (Å²) in [5, 5.41) is 0. The second-order valence-corrected chi connectivity index (χ2v) is 18.1. The number of hydrogen-bond donors (Lipinski definition) is 0. The van der Waals surface area contributed by atoms with Gasteiger partial charge in [0.1, 0.15) is 5.78 Å². The van der Waals surface area contributed by atoms with Crippen LogP contribution in [0.4, 0.5) is 0 Å².